The molecule has 1 N–H and O–H groups in total. The Morgan fingerprint density at radius 1 is 1.27 bits per heavy atom. The smallest absolute Gasteiger partial charge is 0.290 e. The molecule has 1 aromatic carbocycles. The van der Waals surface area contributed by atoms with E-state index in [1.165, 1.54) is 5.56 Å². The van der Waals surface area contributed by atoms with Crippen LogP contribution in [0.25, 0.3) is 11.0 Å². The lowest BCUT2D eigenvalue weighted by Crippen LogP contribution is -2.35. The second-order valence-corrected chi connectivity index (χ2v) is 5.69. The quantitative estimate of drug-likeness (QED) is 0.647. The maximum absolute atomic E-state index is 12.3. The summed E-state index contributed by atoms with van der Waals surface area (Å²) in [5, 5.41) is 19.5. The van der Waals surface area contributed by atoms with Crippen molar-refractivity contribution < 1.29 is 4.85 Å². The minimum absolute atomic E-state index is 0.410. The Balaban J connectivity index is 1.80. The van der Waals surface area contributed by atoms with Crippen LogP contribution in [-0.4, -0.2) is 41.2 Å². The van der Waals surface area contributed by atoms with Crippen LogP contribution in [0.4, 0.5) is 5.95 Å². The molecule has 1 aliphatic rings. The summed E-state index contributed by atoms with van der Waals surface area (Å²) in [6.45, 7) is 7.97. The standard InChI is InChI=1S/C16H23N5O/c1-3-20(4-2)11-10-17-16-18-14-9-8-12-6-5-7-13(12)15(14)21(22)19-16/h8-9H,3-7,10-11H2,1-2H3,(H,17,18,19). The van der Waals surface area contributed by atoms with Gasteiger partial charge in [0.05, 0.1) is 5.10 Å². The van der Waals surface area contributed by atoms with E-state index in [0.717, 1.165) is 61.4 Å². The molecule has 0 atom stereocenters. The fourth-order valence-corrected chi connectivity index (χ4v) is 3.15. The maximum atomic E-state index is 12.3. The molecule has 0 aliphatic heterocycles. The Bertz CT molecular complexity index is 669. The molecule has 6 nitrogen and oxygen atoms in total. The number of aromatic nitrogens is 3. The molecule has 3 rings (SSSR count). The van der Waals surface area contributed by atoms with E-state index in [1.54, 1.807) is 0 Å². The van der Waals surface area contributed by atoms with Gasteiger partial charge in [-0.3, -0.25) is 0 Å². The van der Waals surface area contributed by atoms with Gasteiger partial charge in [0.15, 0.2) is 0 Å². The predicted octanol–water partition coefficient (Wildman–Crippen LogP) is 1.51. The predicted molar refractivity (Wildman–Crippen MR) is 86.8 cm³/mol. The Labute approximate surface area is 130 Å². The van der Waals surface area contributed by atoms with Gasteiger partial charge >= 0.3 is 0 Å². The number of hydrogen-bond donors (Lipinski definition) is 1. The van der Waals surface area contributed by atoms with E-state index >= 15 is 0 Å². The first kappa shape index (κ1) is 15.0. The van der Waals surface area contributed by atoms with Crippen molar-refractivity contribution in [3.63, 3.8) is 0 Å². The molecule has 22 heavy (non-hydrogen) atoms. The zero-order valence-electron chi connectivity index (χ0n) is 13.3. The number of fused-ring (bicyclic) bond motifs is 3. The van der Waals surface area contributed by atoms with Crippen LogP contribution in [0, 0.1) is 5.21 Å². The molecule has 0 saturated carbocycles. The summed E-state index contributed by atoms with van der Waals surface area (Å²) in [5.74, 6) is 0.410. The number of nitrogens with one attached hydrogen (secondary N) is 1. The molecule has 118 valence electrons. The zero-order chi connectivity index (χ0) is 15.5. The molecule has 0 amide bonds. The van der Waals surface area contributed by atoms with Crippen LogP contribution in [0.2, 0.25) is 0 Å². The van der Waals surface area contributed by atoms with Crippen molar-refractivity contribution in [3.8, 4) is 0 Å². The van der Waals surface area contributed by atoms with Crippen LogP contribution < -0.4 is 10.2 Å². The Morgan fingerprint density at radius 3 is 2.86 bits per heavy atom. The van der Waals surface area contributed by atoms with Crippen LogP contribution in [0.1, 0.15) is 31.4 Å². The first-order chi connectivity index (χ1) is 10.7. The van der Waals surface area contributed by atoms with Gasteiger partial charge in [0.1, 0.15) is 5.52 Å². The van der Waals surface area contributed by atoms with Crippen LogP contribution in [0.5, 0.6) is 0 Å². The summed E-state index contributed by atoms with van der Waals surface area (Å²) in [6.07, 6.45) is 3.11. The molecule has 1 aliphatic carbocycles. The highest BCUT2D eigenvalue weighted by atomic mass is 16.5. The number of rotatable bonds is 6. The van der Waals surface area contributed by atoms with Gasteiger partial charge in [0.2, 0.25) is 0 Å². The van der Waals surface area contributed by atoms with Gasteiger partial charge in [-0.15, -0.1) is 0 Å². The number of likely N-dealkylation sites (N-methyl/N-ethyl adjacent to an activating group) is 1. The highest BCUT2D eigenvalue weighted by molar-refractivity contribution is 5.77. The second kappa shape index (κ2) is 6.44. The molecule has 6 heteroatoms. The molecule has 2 aromatic rings. The topological polar surface area (TPSA) is 68.0 Å². The lowest BCUT2D eigenvalue weighted by molar-refractivity contribution is -0.642. The van der Waals surface area contributed by atoms with Crippen LogP contribution in [0.15, 0.2) is 12.1 Å². The lowest BCUT2D eigenvalue weighted by atomic mass is 10.1. The summed E-state index contributed by atoms with van der Waals surface area (Å²) in [6, 6.07) is 4.03. The average Bonchev–Trinajstić information content (AvgIpc) is 2.99. The molecule has 0 spiro atoms. The van der Waals surface area contributed by atoms with Gasteiger partial charge in [-0.2, -0.15) is 0 Å². The van der Waals surface area contributed by atoms with E-state index in [1.807, 2.05) is 6.07 Å². The minimum atomic E-state index is 0.410. The van der Waals surface area contributed by atoms with E-state index in [2.05, 4.69) is 40.2 Å². The zero-order valence-corrected chi connectivity index (χ0v) is 13.3. The Hall–Kier alpha value is -1.95. The lowest BCUT2D eigenvalue weighted by Gasteiger charge is -2.17. The number of anilines is 1. The van der Waals surface area contributed by atoms with Crippen molar-refractivity contribution in [2.75, 3.05) is 31.5 Å². The number of nitrogens with zero attached hydrogens (tertiary/aromatic N) is 4. The monoisotopic (exact) mass is 301 g/mol. The van der Waals surface area contributed by atoms with E-state index in [-0.39, 0.29) is 0 Å². The molecule has 0 bridgehead atoms. The molecule has 1 aromatic heterocycles. The summed E-state index contributed by atoms with van der Waals surface area (Å²) in [4.78, 5) is 7.55. The summed E-state index contributed by atoms with van der Waals surface area (Å²) >= 11 is 0. The molecule has 1 heterocycles. The number of hydrogen-bond acceptors (Lipinski definition) is 5. The molecule has 0 unspecified atom stereocenters. The molecule has 0 fully saturated rings. The van der Waals surface area contributed by atoms with Crippen molar-refractivity contribution in [1.82, 2.24) is 15.0 Å². The van der Waals surface area contributed by atoms with Crippen molar-refractivity contribution in [1.29, 1.82) is 0 Å². The first-order valence-corrected chi connectivity index (χ1v) is 8.11. The van der Waals surface area contributed by atoms with Gasteiger partial charge < -0.3 is 15.4 Å². The van der Waals surface area contributed by atoms with Crippen molar-refractivity contribution in [2.45, 2.75) is 33.1 Å². The summed E-state index contributed by atoms with van der Waals surface area (Å²) < 4.78 is 0. The maximum Gasteiger partial charge on any atom is 0.290 e. The van der Waals surface area contributed by atoms with Crippen LogP contribution in [-0.2, 0) is 12.8 Å². The molecule has 0 saturated heterocycles. The van der Waals surface area contributed by atoms with Gasteiger partial charge in [0, 0.05) is 18.7 Å². The largest absolute Gasteiger partial charge is 0.594 e. The third kappa shape index (κ3) is 2.83. The Morgan fingerprint density at radius 2 is 2.09 bits per heavy atom. The normalized spacial score (nSPS) is 13.8. The van der Waals surface area contributed by atoms with Crippen molar-refractivity contribution in [2.24, 2.45) is 0 Å². The third-order valence-electron chi connectivity index (χ3n) is 4.44. The fraction of sp³-hybridized carbons (Fsp3) is 0.562. The van der Waals surface area contributed by atoms with E-state index < -0.39 is 0 Å². The Kier molecular flexibility index (Phi) is 4.38. The van der Waals surface area contributed by atoms with E-state index in [0.29, 0.717) is 11.5 Å². The SMILES string of the molecule is CCN(CC)CCNc1nc2ccc3c(c2[n+]([O-])n1)CCC3. The van der Waals surface area contributed by atoms with Gasteiger partial charge in [-0.25, -0.2) is 4.98 Å². The van der Waals surface area contributed by atoms with Gasteiger partial charge in [0.25, 0.3) is 11.5 Å². The molecule has 0 radical (unpaired) electrons. The van der Waals surface area contributed by atoms with E-state index in [4.69, 9.17) is 0 Å². The minimum Gasteiger partial charge on any atom is -0.594 e. The molecular weight excluding hydrogens is 278 g/mol. The first-order valence-electron chi connectivity index (χ1n) is 8.11. The number of benzene rings is 1. The van der Waals surface area contributed by atoms with Gasteiger partial charge in [-0.1, -0.05) is 19.9 Å². The van der Waals surface area contributed by atoms with Crippen LogP contribution in [0.3, 0.4) is 0 Å². The summed E-state index contributed by atoms with van der Waals surface area (Å²) in [5.41, 5.74) is 3.77. The van der Waals surface area contributed by atoms with E-state index in [9.17, 15) is 5.21 Å². The second-order valence-electron chi connectivity index (χ2n) is 5.69. The molecular formula is C16H23N5O. The number of aryl methyl sites for hydroxylation is 2. The summed E-state index contributed by atoms with van der Waals surface area (Å²) in [7, 11) is 0. The highest BCUT2D eigenvalue weighted by Crippen LogP contribution is 2.27. The van der Waals surface area contributed by atoms with Gasteiger partial charge in [-0.05, 0) is 48.8 Å². The fourth-order valence-electron chi connectivity index (χ4n) is 3.15. The van der Waals surface area contributed by atoms with Crippen molar-refractivity contribution in [3.05, 3.63) is 28.5 Å². The average molecular weight is 301 g/mol. The third-order valence-corrected chi connectivity index (χ3v) is 4.44. The van der Waals surface area contributed by atoms with Crippen LogP contribution >= 0.6 is 0 Å². The van der Waals surface area contributed by atoms with Crippen molar-refractivity contribution >= 4 is 17.0 Å². The highest BCUT2D eigenvalue weighted by Gasteiger charge is 2.22.